The van der Waals surface area contributed by atoms with E-state index in [2.05, 4.69) is 4.98 Å². The molecule has 0 saturated carbocycles. The van der Waals surface area contributed by atoms with Crippen LogP contribution in [0, 0.1) is 6.92 Å². The predicted octanol–water partition coefficient (Wildman–Crippen LogP) is 1.68. The second-order valence-corrected chi connectivity index (χ2v) is 4.07. The summed E-state index contributed by atoms with van der Waals surface area (Å²) in [5.74, 6) is 0.249. The van der Waals surface area contributed by atoms with Gasteiger partial charge in [-0.3, -0.25) is 4.57 Å². The Morgan fingerprint density at radius 2 is 2.11 bits per heavy atom. The summed E-state index contributed by atoms with van der Waals surface area (Å²) >= 11 is 0. The summed E-state index contributed by atoms with van der Waals surface area (Å²) in [5.41, 5.74) is 8.26. The maximum Gasteiger partial charge on any atom is 0.419 e. The molecule has 0 radical (unpaired) electrons. The van der Waals surface area contributed by atoms with Gasteiger partial charge in [0.25, 0.3) is 6.01 Å². The van der Waals surface area contributed by atoms with Gasteiger partial charge in [0.1, 0.15) is 11.5 Å². The summed E-state index contributed by atoms with van der Waals surface area (Å²) in [6, 6.07) is 5.50. The monoisotopic (exact) mass is 245 g/mol. The normalized spacial score (nSPS) is 11.2. The number of aromatic nitrogens is 2. The van der Waals surface area contributed by atoms with E-state index in [1.165, 1.54) is 4.57 Å². The van der Waals surface area contributed by atoms with Gasteiger partial charge in [-0.05, 0) is 25.1 Å². The topological polar surface area (TPSA) is 87.2 Å². The molecule has 2 N–H and O–H groups in total. The highest BCUT2D eigenvalue weighted by molar-refractivity contribution is 5.80. The van der Waals surface area contributed by atoms with Crippen LogP contribution in [-0.4, -0.2) is 9.55 Å². The number of nitrogen functional groups attached to an aromatic ring is 1. The third-order valence-electron chi connectivity index (χ3n) is 2.88. The van der Waals surface area contributed by atoms with Crippen LogP contribution in [0.1, 0.15) is 5.76 Å². The van der Waals surface area contributed by atoms with E-state index in [4.69, 9.17) is 14.6 Å². The molecule has 0 bridgehead atoms. The Labute approximate surface area is 102 Å². The van der Waals surface area contributed by atoms with E-state index in [-0.39, 0.29) is 6.01 Å². The van der Waals surface area contributed by atoms with Gasteiger partial charge in [-0.2, -0.15) is 4.98 Å². The largest absolute Gasteiger partial charge is 0.429 e. The Bertz CT molecular complexity index is 795. The standard InChI is InChI=1S/C12H11N3O3/c1-6-10(14-11(13)17-6)7-3-4-9-8(5-7)15(2)12(16)18-9/h3-5H,1-2H3,(H2,13,14). The summed E-state index contributed by atoms with van der Waals surface area (Å²) in [7, 11) is 1.65. The highest BCUT2D eigenvalue weighted by Crippen LogP contribution is 2.27. The van der Waals surface area contributed by atoms with Crippen LogP contribution >= 0.6 is 0 Å². The molecule has 0 aliphatic rings. The number of aryl methyl sites for hydroxylation is 2. The molecule has 18 heavy (non-hydrogen) atoms. The quantitative estimate of drug-likeness (QED) is 0.704. The van der Waals surface area contributed by atoms with Crippen LogP contribution in [0.5, 0.6) is 0 Å². The molecule has 0 fully saturated rings. The van der Waals surface area contributed by atoms with Crippen molar-refractivity contribution in [3.63, 3.8) is 0 Å². The molecule has 0 aliphatic heterocycles. The molecule has 0 spiro atoms. The van der Waals surface area contributed by atoms with Crippen molar-refractivity contribution < 1.29 is 8.83 Å². The Morgan fingerprint density at radius 3 is 2.78 bits per heavy atom. The van der Waals surface area contributed by atoms with Gasteiger partial charge in [0, 0.05) is 12.6 Å². The third kappa shape index (κ3) is 1.42. The first-order valence-electron chi connectivity index (χ1n) is 5.39. The predicted molar refractivity (Wildman–Crippen MR) is 66.1 cm³/mol. The van der Waals surface area contributed by atoms with E-state index in [1.54, 1.807) is 20.0 Å². The number of hydrogen-bond acceptors (Lipinski definition) is 5. The first-order chi connectivity index (χ1) is 8.56. The summed E-state index contributed by atoms with van der Waals surface area (Å²) in [6.45, 7) is 1.79. The number of anilines is 1. The van der Waals surface area contributed by atoms with Gasteiger partial charge in [-0.15, -0.1) is 0 Å². The lowest BCUT2D eigenvalue weighted by Crippen LogP contribution is -2.08. The van der Waals surface area contributed by atoms with Crippen LogP contribution < -0.4 is 11.5 Å². The second-order valence-electron chi connectivity index (χ2n) is 4.07. The summed E-state index contributed by atoms with van der Waals surface area (Å²) in [6.07, 6.45) is 0. The minimum atomic E-state index is -0.390. The van der Waals surface area contributed by atoms with Crippen LogP contribution in [0.3, 0.4) is 0 Å². The number of nitrogens with two attached hydrogens (primary N) is 1. The molecule has 2 aromatic heterocycles. The van der Waals surface area contributed by atoms with Crippen LogP contribution in [0.2, 0.25) is 0 Å². The van der Waals surface area contributed by atoms with Crippen molar-refractivity contribution in [2.75, 3.05) is 5.73 Å². The zero-order chi connectivity index (χ0) is 12.9. The van der Waals surface area contributed by atoms with Crippen LogP contribution in [0.15, 0.2) is 31.8 Å². The van der Waals surface area contributed by atoms with Crippen LogP contribution in [0.4, 0.5) is 6.01 Å². The number of fused-ring (bicyclic) bond motifs is 1. The molecule has 0 aliphatic carbocycles. The van der Waals surface area contributed by atoms with Crippen molar-refractivity contribution in [3.8, 4) is 11.3 Å². The SMILES string of the molecule is Cc1oc(N)nc1-c1ccc2oc(=O)n(C)c2c1. The molecule has 0 amide bonds. The first-order valence-corrected chi connectivity index (χ1v) is 5.39. The van der Waals surface area contributed by atoms with Crippen molar-refractivity contribution in [1.29, 1.82) is 0 Å². The number of nitrogens with zero attached hydrogens (tertiary/aromatic N) is 2. The Hall–Kier alpha value is -2.50. The van der Waals surface area contributed by atoms with E-state index in [0.29, 0.717) is 22.6 Å². The molecular weight excluding hydrogens is 234 g/mol. The average molecular weight is 245 g/mol. The van der Waals surface area contributed by atoms with E-state index in [1.807, 2.05) is 12.1 Å². The molecule has 2 heterocycles. The molecule has 3 aromatic rings. The van der Waals surface area contributed by atoms with Crippen LogP contribution in [0.25, 0.3) is 22.4 Å². The molecule has 1 aromatic carbocycles. The molecule has 6 nitrogen and oxygen atoms in total. The summed E-state index contributed by atoms with van der Waals surface area (Å²) in [4.78, 5) is 15.5. The molecule has 3 rings (SSSR count). The van der Waals surface area contributed by atoms with Gasteiger partial charge in [0.2, 0.25) is 0 Å². The van der Waals surface area contributed by atoms with Gasteiger partial charge < -0.3 is 14.6 Å². The maximum absolute atomic E-state index is 11.4. The number of oxazole rings is 2. The molecule has 0 saturated heterocycles. The zero-order valence-electron chi connectivity index (χ0n) is 9.93. The van der Waals surface area contributed by atoms with Crippen molar-refractivity contribution in [2.24, 2.45) is 7.05 Å². The van der Waals surface area contributed by atoms with Gasteiger partial charge in [0.15, 0.2) is 5.58 Å². The van der Waals surface area contributed by atoms with Crippen molar-refractivity contribution >= 4 is 17.1 Å². The smallest absolute Gasteiger partial charge is 0.419 e. The van der Waals surface area contributed by atoms with Crippen LogP contribution in [-0.2, 0) is 7.05 Å². The number of benzene rings is 1. The first kappa shape index (κ1) is 10.6. The van der Waals surface area contributed by atoms with Gasteiger partial charge in [0.05, 0.1) is 5.52 Å². The average Bonchev–Trinajstić information content (AvgIpc) is 2.80. The van der Waals surface area contributed by atoms with Crippen molar-refractivity contribution in [3.05, 3.63) is 34.5 Å². The molecular formula is C12H11N3O3. The number of rotatable bonds is 1. The molecule has 92 valence electrons. The van der Waals surface area contributed by atoms with E-state index >= 15 is 0 Å². The maximum atomic E-state index is 11.4. The van der Waals surface area contributed by atoms with E-state index < -0.39 is 5.76 Å². The van der Waals surface area contributed by atoms with Gasteiger partial charge in [-0.25, -0.2) is 4.79 Å². The van der Waals surface area contributed by atoms with Crippen molar-refractivity contribution in [1.82, 2.24) is 9.55 Å². The molecule has 6 heteroatoms. The van der Waals surface area contributed by atoms with Crippen molar-refractivity contribution in [2.45, 2.75) is 6.92 Å². The minimum absolute atomic E-state index is 0.128. The zero-order valence-corrected chi connectivity index (χ0v) is 9.93. The Balaban J connectivity index is 2.28. The second kappa shape index (κ2) is 3.49. The van der Waals surface area contributed by atoms with Gasteiger partial charge >= 0.3 is 5.76 Å². The van der Waals surface area contributed by atoms with E-state index in [9.17, 15) is 4.79 Å². The van der Waals surface area contributed by atoms with E-state index in [0.717, 1.165) is 5.56 Å². The fourth-order valence-corrected chi connectivity index (χ4v) is 1.96. The van der Waals surface area contributed by atoms with Gasteiger partial charge in [-0.1, -0.05) is 0 Å². The fraction of sp³-hybridized carbons (Fsp3) is 0.167. The molecule has 0 unspecified atom stereocenters. The molecule has 0 atom stereocenters. The lowest BCUT2D eigenvalue weighted by atomic mass is 10.1. The Kier molecular flexibility index (Phi) is 2.07. The number of hydrogen-bond donors (Lipinski definition) is 1. The Morgan fingerprint density at radius 1 is 1.33 bits per heavy atom. The highest BCUT2D eigenvalue weighted by atomic mass is 16.4. The lowest BCUT2D eigenvalue weighted by Gasteiger charge is -1.98. The minimum Gasteiger partial charge on any atom is -0.429 e. The fourth-order valence-electron chi connectivity index (χ4n) is 1.96. The third-order valence-corrected chi connectivity index (χ3v) is 2.88. The lowest BCUT2D eigenvalue weighted by molar-refractivity contribution is 0.528. The summed E-state index contributed by atoms with van der Waals surface area (Å²) in [5, 5.41) is 0. The highest BCUT2D eigenvalue weighted by Gasteiger charge is 2.12. The summed E-state index contributed by atoms with van der Waals surface area (Å²) < 4.78 is 11.7.